The van der Waals surface area contributed by atoms with Crippen LogP contribution < -0.4 is 4.72 Å². The minimum Gasteiger partial charge on any atom is -0.444 e. The molecule has 1 fully saturated rings. The summed E-state index contributed by atoms with van der Waals surface area (Å²) in [7, 11) is 0. The van der Waals surface area contributed by atoms with Crippen LogP contribution in [0.15, 0.2) is 0 Å². The van der Waals surface area contributed by atoms with E-state index in [0.29, 0.717) is 13.0 Å². The molecule has 16 heavy (non-hydrogen) atoms. The smallest absolute Gasteiger partial charge is 0.410 e. The molecule has 1 aliphatic rings. The number of rotatable bonds is 1. The van der Waals surface area contributed by atoms with Gasteiger partial charge in [0.25, 0.3) is 5.91 Å². The molecule has 5 nitrogen and oxygen atoms in total. The van der Waals surface area contributed by atoms with Crippen LogP contribution in [0.3, 0.4) is 0 Å². The Bertz CT molecular complexity index is 288. The van der Waals surface area contributed by atoms with Crippen molar-refractivity contribution < 1.29 is 14.3 Å². The van der Waals surface area contributed by atoms with Crippen LogP contribution in [0.4, 0.5) is 4.79 Å². The normalized spacial score (nSPS) is 20.8. The zero-order chi connectivity index (χ0) is 12.3. The third kappa shape index (κ3) is 3.30. The van der Waals surface area contributed by atoms with E-state index in [1.165, 1.54) is 4.90 Å². The summed E-state index contributed by atoms with van der Waals surface area (Å²) in [6, 6.07) is -0.452. The van der Waals surface area contributed by atoms with Crippen molar-refractivity contribution in [3.8, 4) is 0 Å². The standard InChI is InChI=1S/C10H18N2O3S/c1-10(2,3)15-9(14)12-6-4-5-7(12)8(13)11-16/h7,16H,4-6H2,1-3H3,(H,11,13). The number of carbonyl (C=O) groups is 2. The van der Waals surface area contributed by atoms with E-state index in [0.717, 1.165) is 6.42 Å². The average Bonchev–Trinajstić information content (AvgIpc) is 2.62. The summed E-state index contributed by atoms with van der Waals surface area (Å²) in [6.45, 7) is 5.96. The average molecular weight is 246 g/mol. The number of nitrogens with one attached hydrogen (secondary N) is 1. The van der Waals surface area contributed by atoms with E-state index in [2.05, 4.69) is 17.5 Å². The topological polar surface area (TPSA) is 58.6 Å². The van der Waals surface area contributed by atoms with Crippen LogP contribution in [-0.4, -0.2) is 35.1 Å². The van der Waals surface area contributed by atoms with Gasteiger partial charge in [-0.15, -0.1) is 0 Å². The molecule has 1 rings (SSSR count). The van der Waals surface area contributed by atoms with Gasteiger partial charge in [0.2, 0.25) is 0 Å². The number of carbonyl (C=O) groups excluding carboxylic acids is 2. The number of hydrogen-bond acceptors (Lipinski definition) is 4. The van der Waals surface area contributed by atoms with Gasteiger partial charge in [-0.3, -0.25) is 9.69 Å². The maximum absolute atomic E-state index is 11.8. The Kier molecular flexibility index (Phi) is 4.07. The molecular formula is C10H18N2O3S. The molecule has 2 amide bonds. The highest BCUT2D eigenvalue weighted by molar-refractivity contribution is 7.78. The summed E-state index contributed by atoms with van der Waals surface area (Å²) < 4.78 is 7.49. The maximum Gasteiger partial charge on any atom is 0.410 e. The summed E-state index contributed by atoms with van der Waals surface area (Å²) in [6.07, 6.45) is 1.03. The zero-order valence-electron chi connectivity index (χ0n) is 9.82. The van der Waals surface area contributed by atoms with Crippen LogP contribution in [0.1, 0.15) is 33.6 Å². The summed E-state index contributed by atoms with van der Waals surface area (Å²) in [5, 5.41) is 0. The van der Waals surface area contributed by atoms with Gasteiger partial charge in [0.1, 0.15) is 11.6 Å². The molecule has 1 atom stereocenters. The molecule has 0 bridgehead atoms. The second-order valence-electron chi connectivity index (χ2n) is 4.81. The van der Waals surface area contributed by atoms with E-state index >= 15 is 0 Å². The molecule has 0 saturated carbocycles. The van der Waals surface area contributed by atoms with Crippen molar-refractivity contribution >= 4 is 24.8 Å². The van der Waals surface area contributed by atoms with Gasteiger partial charge in [-0.2, -0.15) is 0 Å². The fourth-order valence-corrected chi connectivity index (χ4v) is 1.80. The zero-order valence-corrected chi connectivity index (χ0v) is 10.7. The van der Waals surface area contributed by atoms with Gasteiger partial charge in [0.05, 0.1) is 0 Å². The fraction of sp³-hybridized carbons (Fsp3) is 0.800. The van der Waals surface area contributed by atoms with Gasteiger partial charge in [-0.05, 0) is 33.6 Å². The van der Waals surface area contributed by atoms with Crippen LogP contribution in [-0.2, 0) is 9.53 Å². The van der Waals surface area contributed by atoms with Crippen molar-refractivity contribution in [2.75, 3.05) is 6.54 Å². The van der Waals surface area contributed by atoms with Gasteiger partial charge in [-0.25, -0.2) is 4.79 Å². The van der Waals surface area contributed by atoms with Gasteiger partial charge < -0.3 is 9.46 Å². The first kappa shape index (κ1) is 13.2. The third-order valence-corrected chi connectivity index (χ3v) is 2.51. The minimum atomic E-state index is -0.540. The Morgan fingerprint density at radius 3 is 2.56 bits per heavy atom. The van der Waals surface area contributed by atoms with Crippen molar-refractivity contribution in [2.45, 2.75) is 45.3 Å². The van der Waals surface area contributed by atoms with E-state index < -0.39 is 17.7 Å². The Balaban J connectivity index is 2.65. The van der Waals surface area contributed by atoms with Gasteiger partial charge in [0, 0.05) is 6.54 Å². The second-order valence-corrected chi connectivity index (χ2v) is 5.03. The summed E-state index contributed by atoms with van der Waals surface area (Å²) in [5.41, 5.74) is -0.540. The van der Waals surface area contributed by atoms with Crippen LogP contribution >= 0.6 is 12.8 Å². The maximum atomic E-state index is 11.8. The molecule has 0 aromatic rings. The first-order valence-corrected chi connectivity index (χ1v) is 5.73. The van der Waals surface area contributed by atoms with E-state index in [1.807, 2.05) is 0 Å². The lowest BCUT2D eigenvalue weighted by molar-refractivity contribution is -0.123. The Labute approximate surface area is 101 Å². The monoisotopic (exact) mass is 246 g/mol. The molecule has 0 radical (unpaired) electrons. The van der Waals surface area contributed by atoms with E-state index in [4.69, 9.17) is 4.74 Å². The Morgan fingerprint density at radius 1 is 1.44 bits per heavy atom. The molecular weight excluding hydrogens is 228 g/mol. The number of ether oxygens (including phenoxy) is 1. The highest BCUT2D eigenvalue weighted by Gasteiger charge is 2.36. The molecule has 1 saturated heterocycles. The lowest BCUT2D eigenvalue weighted by atomic mass is 10.2. The molecule has 0 aromatic carbocycles. The number of amides is 2. The molecule has 0 aromatic heterocycles. The highest BCUT2D eigenvalue weighted by atomic mass is 32.1. The number of nitrogens with zero attached hydrogens (tertiary/aromatic N) is 1. The van der Waals surface area contributed by atoms with Crippen molar-refractivity contribution in [3.63, 3.8) is 0 Å². The third-order valence-electron chi connectivity index (χ3n) is 2.29. The van der Waals surface area contributed by atoms with Crippen LogP contribution in [0.2, 0.25) is 0 Å². The first-order chi connectivity index (χ1) is 7.35. The van der Waals surface area contributed by atoms with Crippen LogP contribution in [0.5, 0.6) is 0 Å². The summed E-state index contributed by atoms with van der Waals surface area (Å²) in [4.78, 5) is 24.7. The fourth-order valence-electron chi connectivity index (χ4n) is 1.65. The van der Waals surface area contributed by atoms with Crippen LogP contribution in [0.25, 0.3) is 0 Å². The number of hydrogen-bond donors (Lipinski definition) is 2. The Hall–Kier alpha value is -0.910. The first-order valence-electron chi connectivity index (χ1n) is 5.29. The molecule has 1 unspecified atom stereocenters. The molecule has 0 aliphatic carbocycles. The highest BCUT2D eigenvalue weighted by Crippen LogP contribution is 2.20. The number of thiol groups is 1. The predicted octanol–water partition coefficient (Wildman–Crippen LogP) is 1.35. The molecule has 6 heteroatoms. The molecule has 0 spiro atoms. The van der Waals surface area contributed by atoms with Gasteiger partial charge in [-0.1, -0.05) is 12.8 Å². The molecule has 1 N–H and O–H groups in total. The van der Waals surface area contributed by atoms with Crippen LogP contribution in [0, 0.1) is 0 Å². The quantitative estimate of drug-likeness (QED) is 0.687. The molecule has 1 aliphatic heterocycles. The summed E-state index contributed by atoms with van der Waals surface area (Å²) in [5.74, 6) is -0.258. The van der Waals surface area contributed by atoms with Gasteiger partial charge in [0.15, 0.2) is 0 Å². The predicted molar refractivity (Wildman–Crippen MR) is 63.1 cm³/mol. The minimum absolute atomic E-state index is 0.258. The second kappa shape index (κ2) is 4.95. The molecule has 92 valence electrons. The van der Waals surface area contributed by atoms with Crippen molar-refractivity contribution in [1.82, 2.24) is 9.62 Å². The van der Waals surface area contributed by atoms with Gasteiger partial charge >= 0.3 is 6.09 Å². The number of likely N-dealkylation sites (tertiary alicyclic amines) is 1. The Morgan fingerprint density at radius 2 is 2.06 bits per heavy atom. The van der Waals surface area contributed by atoms with Crippen molar-refractivity contribution in [1.29, 1.82) is 0 Å². The van der Waals surface area contributed by atoms with E-state index in [1.54, 1.807) is 20.8 Å². The lowest BCUT2D eigenvalue weighted by Gasteiger charge is -2.27. The largest absolute Gasteiger partial charge is 0.444 e. The summed E-state index contributed by atoms with van der Waals surface area (Å²) >= 11 is 3.71. The van der Waals surface area contributed by atoms with Crippen molar-refractivity contribution in [2.24, 2.45) is 0 Å². The van der Waals surface area contributed by atoms with Crippen molar-refractivity contribution in [3.05, 3.63) is 0 Å². The van der Waals surface area contributed by atoms with E-state index in [-0.39, 0.29) is 5.91 Å². The SMILES string of the molecule is CC(C)(C)OC(=O)N1CCCC1C(=O)NS. The molecule has 1 heterocycles. The lowest BCUT2D eigenvalue weighted by Crippen LogP contribution is -2.45. The van der Waals surface area contributed by atoms with E-state index in [9.17, 15) is 9.59 Å².